The van der Waals surface area contributed by atoms with Gasteiger partial charge in [0.05, 0.1) is 6.04 Å². The molecule has 5 nitrogen and oxygen atoms in total. The van der Waals surface area contributed by atoms with Crippen LogP contribution in [0.15, 0.2) is 30.5 Å². The second kappa shape index (κ2) is 6.50. The molecule has 0 bridgehead atoms. The van der Waals surface area contributed by atoms with Crippen LogP contribution >= 0.6 is 11.6 Å². The van der Waals surface area contributed by atoms with E-state index < -0.39 is 0 Å². The van der Waals surface area contributed by atoms with E-state index in [4.69, 9.17) is 11.6 Å². The number of piperidine rings is 1. The molecule has 1 atom stereocenters. The van der Waals surface area contributed by atoms with Crippen LogP contribution in [-0.4, -0.2) is 28.8 Å². The van der Waals surface area contributed by atoms with E-state index in [1.807, 2.05) is 29.9 Å². The average molecular weight is 319 g/mol. The summed E-state index contributed by atoms with van der Waals surface area (Å²) in [6, 6.07) is 7.53. The topological polar surface area (TPSA) is 59.0 Å². The Morgan fingerprint density at radius 3 is 3.05 bits per heavy atom. The van der Waals surface area contributed by atoms with Gasteiger partial charge >= 0.3 is 0 Å². The Morgan fingerprint density at radius 2 is 2.32 bits per heavy atom. The Morgan fingerprint density at radius 1 is 1.45 bits per heavy atom. The Labute approximate surface area is 134 Å². The molecular formula is C16H19ClN4O. The predicted octanol–water partition coefficient (Wildman–Crippen LogP) is 3.02. The van der Waals surface area contributed by atoms with E-state index in [1.54, 1.807) is 12.1 Å². The number of aromatic nitrogens is 2. The van der Waals surface area contributed by atoms with Gasteiger partial charge in [-0.25, -0.2) is 0 Å². The number of carbonyl (C=O) groups excluding carboxylic acids is 1. The summed E-state index contributed by atoms with van der Waals surface area (Å²) in [7, 11) is 0. The highest BCUT2D eigenvalue weighted by Crippen LogP contribution is 2.21. The zero-order chi connectivity index (χ0) is 15.5. The molecule has 1 aliphatic heterocycles. The van der Waals surface area contributed by atoms with Gasteiger partial charge in [0.15, 0.2) is 5.69 Å². The second-order valence-corrected chi connectivity index (χ2v) is 6.01. The summed E-state index contributed by atoms with van der Waals surface area (Å²) in [4.78, 5) is 12.3. The zero-order valence-corrected chi connectivity index (χ0v) is 13.2. The zero-order valence-electron chi connectivity index (χ0n) is 12.5. The van der Waals surface area contributed by atoms with Crippen LogP contribution in [-0.2, 0) is 0 Å². The van der Waals surface area contributed by atoms with Gasteiger partial charge in [0.2, 0.25) is 0 Å². The molecule has 1 amide bonds. The van der Waals surface area contributed by atoms with Gasteiger partial charge in [-0.2, -0.15) is 5.10 Å². The molecule has 3 rings (SSSR count). The van der Waals surface area contributed by atoms with Crippen LogP contribution in [0.2, 0.25) is 5.02 Å². The molecule has 1 aromatic heterocycles. The van der Waals surface area contributed by atoms with Crippen molar-refractivity contribution in [3.05, 3.63) is 46.7 Å². The molecule has 6 heteroatoms. The minimum absolute atomic E-state index is 0.220. The predicted molar refractivity (Wildman–Crippen MR) is 87.5 cm³/mol. The molecule has 2 heterocycles. The lowest BCUT2D eigenvalue weighted by atomic mass is 10.1. The summed E-state index contributed by atoms with van der Waals surface area (Å²) in [5.74, 6) is -0.220. The smallest absolute Gasteiger partial charge is 0.276 e. The Kier molecular flexibility index (Phi) is 4.45. The summed E-state index contributed by atoms with van der Waals surface area (Å²) in [5.41, 5.74) is 2.07. The monoisotopic (exact) mass is 318 g/mol. The number of nitrogens with one attached hydrogen (secondary N) is 2. The molecule has 1 unspecified atom stereocenters. The summed E-state index contributed by atoms with van der Waals surface area (Å²) in [6.07, 6.45) is 4.09. The fourth-order valence-electron chi connectivity index (χ4n) is 2.59. The van der Waals surface area contributed by atoms with Crippen LogP contribution in [0.25, 0.3) is 0 Å². The molecule has 1 aromatic carbocycles. The minimum atomic E-state index is -0.220. The van der Waals surface area contributed by atoms with E-state index in [9.17, 15) is 4.79 Å². The van der Waals surface area contributed by atoms with Crippen molar-refractivity contribution in [1.82, 2.24) is 15.1 Å². The SMILES string of the molecule is Cc1ccc(NC(=O)c2ccn(C3CCCNC3)n2)cc1Cl. The molecule has 116 valence electrons. The number of rotatable bonds is 3. The number of carbonyl (C=O) groups is 1. The van der Waals surface area contributed by atoms with Crippen molar-refractivity contribution < 1.29 is 4.79 Å². The van der Waals surface area contributed by atoms with E-state index in [0.717, 1.165) is 31.5 Å². The molecule has 0 spiro atoms. The number of anilines is 1. The molecule has 2 aromatic rings. The van der Waals surface area contributed by atoms with Crippen molar-refractivity contribution in [3.63, 3.8) is 0 Å². The first kappa shape index (κ1) is 15.1. The van der Waals surface area contributed by atoms with E-state index in [-0.39, 0.29) is 5.91 Å². The van der Waals surface area contributed by atoms with Gasteiger partial charge in [-0.3, -0.25) is 9.48 Å². The lowest BCUT2D eigenvalue weighted by Crippen LogP contribution is -2.32. The van der Waals surface area contributed by atoms with Crippen molar-refractivity contribution in [3.8, 4) is 0 Å². The van der Waals surface area contributed by atoms with Crippen LogP contribution in [0.1, 0.15) is 34.9 Å². The van der Waals surface area contributed by atoms with Crippen LogP contribution < -0.4 is 10.6 Å². The quantitative estimate of drug-likeness (QED) is 0.914. The number of aryl methyl sites for hydroxylation is 1. The third-order valence-corrected chi connectivity index (χ3v) is 4.32. The van der Waals surface area contributed by atoms with E-state index in [1.165, 1.54) is 0 Å². The fourth-order valence-corrected chi connectivity index (χ4v) is 2.77. The van der Waals surface area contributed by atoms with E-state index in [2.05, 4.69) is 15.7 Å². The number of halogens is 1. The van der Waals surface area contributed by atoms with Crippen molar-refractivity contribution in [2.75, 3.05) is 18.4 Å². The Bertz CT molecular complexity index is 677. The van der Waals surface area contributed by atoms with Gasteiger partial charge in [-0.1, -0.05) is 17.7 Å². The highest BCUT2D eigenvalue weighted by molar-refractivity contribution is 6.31. The van der Waals surface area contributed by atoms with Crippen LogP contribution in [0.3, 0.4) is 0 Å². The molecule has 1 fully saturated rings. The average Bonchev–Trinajstić information content (AvgIpc) is 3.02. The number of hydrogen-bond acceptors (Lipinski definition) is 3. The van der Waals surface area contributed by atoms with E-state index in [0.29, 0.717) is 22.4 Å². The van der Waals surface area contributed by atoms with Gasteiger partial charge < -0.3 is 10.6 Å². The van der Waals surface area contributed by atoms with Crippen LogP contribution in [0, 0.1) is 6.92 Å². The maximum atomic E-state index is 12.3. The second-order valence-electron chi connectivity index (χ2n) is 5.60. The summed E-state index contributed by atoms with van der Waals surface area (Å²) in [5, 5.41) is 11.2. The van der Waals surface area contributed by atoms with Crippen molar-refractivity contribution in [1.29, 1.82) is 0 Å². The first-order chi connectivity index (χ1) is 10.6. The first-order valence-electron chi connectivity index (χ1n) is 7.47. The molecule has 1 saturated heterocycles. The molecule has 0 aliphatic carbocycles. The van der Waals surface area contributed by atoms with Crippen molar-refractivity contribution in [2.24, 2.45) is 0 Å². The fraction of sp³-hybridized carbons (Fsp3) is 0.375. The van der Waals surface area contributed by atoms with Gasteiger partial charge in [-0.15, -0.1) is 0 Å². The van der Waals surface area contributed by atoms with Gasteiger partial charge in [0, 0.05) is 23.5 Å². The molecular weight excluding hydrogens is 300 g/mol. The maximum absolute atomic E-state index is 12.3. The number of nitrogens with zero attached hydrogens (tertiary/aromatic N) is 2. The number of benzene rings is 1. The Hall–Kier alpha value is -1.85. The third-order valence-electron chi connectivity index (χ3n) is 3.92. The third kappa shape index (κ3) is 3.31. The van der Waals surface area contributed by atoms with Crippen LogP contribution in [0.5, 0.6) is 0 Å². The molecule has 1 aliphatic rings. The van der Waals surface area contributed by atoms with Crippen molar-refractivity contribution in [2.45, 2.75) is 25.8 Å². The first-order valence-corrected chi connectivity index (χ1v) is 7.84. The highest BCUT2D eigenvalue weighted by Gasteiger charge is 2.17. The number of hydrogen-bond donors (Lipinski definition) is 2. The summed E-state index contributed by atoms with van der Waals surface area (Å²) < 4.78 is 1.88. The minimum Gasteiger partial charge on any atom is -0.321 e. The highest BCUT2D eigenvalue weighted by atomic mass is 35.5. The van der Waals surface area contributed by atoms with Gasteiger partial charge in [0.25, 0.3) is 5.91 Å². The molecule has 22 heavy (non-hydrogen) atoms. The largest absolute Gasteiger partial charge is 0.321 e. The van der Waals surface area contributed by atoms with Gasteiger partial charge in [0.1, 0.15) is 0 Å². The lowest BCUT2D eigenvalue weighted by molar-refractivity contribution is 0.102. The van der Waals surface area contributed by atoms with E-state index >= 15 is 0 Å². The maximum Gasteiger partial charge on any atom is 0.276 e. The normalized spacial score (nSPS) is 18.2. The lowest BCUT2D eigenvalue weighted by Gasteiger charge is -2.22. The van der Waals surface area contributed by atoms with Crippen LogP contribution in [0.4, 0.5) is 5.69 Å². The summed E-state index contributed by atoms with van der Waals surface area (Å²) in [6.45, 7) is 3.88. The molecule has 2 N–H and O–H groups in total. The molecule has 0 radical (unpaired) electrons. The standard InChI is InChI=1S/C16H19ClN4O/c1-11-4-5-12(9-14(11)17)19-16(22)15-6-8-21(20-15)13-3-2-7-18-10-13/h4-6,8-9,13,18H,2-3,7,10H2,1H3,(H,19,22). The molecule has 0 saturated carbocycles. The van der Waals surface area contributed by atoms with Gasteiger partial charge in [-0.05, 0) is 50.1 Å². The number of amides is 1. The van der Waals surface area contributed by atoms with Crippen molar-refractivity contribution >= 4 is 23.2 Å². The summed E-state index contributed by atoms with van der Waals surface area (Å²) >= 11 is 6.07. The Balaban J connectivity index is 1.69.